The van der Waals surface area contributed by atoms with Gasteiger partial charge in [0, 0.05) is 10.5 Å². The number of aldehydes is 1. The molecule has 4 nitrogen and oxygen atoms in total. The van der Waals surface area contributed by atoms with Gasteiger partial charge in [-0.2, -0.15) is 18.4 Å². The number of thioether (sulfide) groups is 1. The van der Waals surface area contributed by atoms with E-state index in [1.165, 1.54) is 6.92 Å². The lowest BCUT2D eigenvalue weighted by molar-refractivity contribution is -0.0328. The second kappa shape index (κ2) is 6.43. The van der Waals surface area contributed by atoms with Crippen LogP contribution in [0, 0.1) is 11.3 Å². The second-order valence-corrected chi connectivity index (χ2v) is 4.52. The molecule has 0 fully saturated rings. The third-order valence-corrected chi connectivity index (χ3v) is 2.96. The third kappa shape index (κ3) is 3.99. The van der Waals surface area contributed by atoms with Crippen LogP contribution in [-0.4, -0.2) is 24.4 Å². The number of rotatable bonds is 4. The SMILES string of the molecule is CCOC(=O)c1cc(C=O)cc(C#N)c1SC(F)(F)F. The standard InChI is InChI=1S/C12H8F3NO3S/c1-2-19-11(18)9-4-7(6-17)3-8(5-16)10(9)20-12(13,14)15/h3-4,6H,2H2,1H3. The Morgan fingerprint density at radius 3 is 2.60 bits per heavy atom. The van der Waals surface area contributed by atoms with E-state index in [9.17, 15) is 22.8 Å². The van der Waals surface area contributed by atoms with Crippen molar-refractivity contribution in [3.05, 3.63) is 28.8 Å². The van der Waals surface area contributed by atoms with E-state index in [1.54, 1.807) is 6.07 Å². The summed E-state index contributed by atoms with van der Waals surface area (Å²) in [5, 5.41) is 8.87. The van der Waals surface area contributed by atoms with Crippen molar-refractivity contribution in [1.82, 2.24) is 0 Å². The van der Waals surface area contributed by atoms with E-state index < -0.39 is 39.3 Å². The predicted octanol–water partition coefficient (Wildman–Crippen LogP) is 3.16. The topological polar surface area (TPSA) is 67.2 Å². The van der Waals surface area contributed by atoms with Gasteiger partial charge in [-0.15, -0.1) is 0 Å². The number of nitrogens with zero attached hydrogens (tertiary/aromatic N) is 1. The summed E-state index contributed by atoms with van der Waals surface area (Å²) in [6.07, 6.45) is 0.339. The zero-order chi connectivity index (χ0) is 15.3. The van der Waals surface area contributed by atoms with Crippen molar-refractivity contribution >= 4 is 24.0 Å². The molecule has 1 aromatic rings. The summed E-state index contributed by atoms with van der Waals surface area (Å²) < 4.78 is 42.1. The van der Waals surface area contributed by atoms with Crippen LogP contribution in [-0.2, 0) is 4.74 Å². The van der Waals surface area contributed by atoms with E-state index in [4.69, 9.17) is 5.26 Å². The lowest BCUT2D eigenvalue weighted by Crippen LogP contribution is -2.11. The normalized spacial score (nSPS) is 10.8. The number of halogens is 3. The van der Waals surface area contributed by atoms with Crippen LogP contribution in [0.5, 0.6) is 0 Å². The fourth-order valence-electron chi connectivity index (χ4n) is 1.39. The largest absolute Gasteiger partial charge is 0.462 e. The molecular formula is C12H8F3NO3S. The van der Waals surface area contributed by atoms with Gasteiger partial charge in [-0.1, -0.05) is 0 Å². The molecule has 0 N–H and O–H groups in total. The highest BCUT2D eigenvalue weighted by molar-refractivity contribution is 8.00. The summed E-state index contributed by atoms with van der Waals surface area (Å²) >= 11 is -0.587. The predicted molar refractivity (Wildman–Crippen MR) is 64.4 cm³/mol. The molecule has 0 unspecified atom stereocenters. The van der Waals surface area contributed by atoms with Crippen LogP contribution in [0.4, 0.5) is 13.2 Å². The molecule has 0 amide bonds. The van der Waals surface area contributed by atoms with Gasteiger partial charge in [0.2, 0.25) is 0 Å². The summed E-state index contributed by atoms with van der Waals surface area (Å²) in [5.41, 5.74) is -5.60. The fourth-order valence-corrected chi connectivity index (χ4v) is 2.09. The number of nitriles is 1. The van der Waals surface area contributed by atoms with Gasteiger partial charge in [0.05, 0.1) is 17.7 Å². The summed E-state index contributed by atoms with van der Waals surface area (Å²) in [6.45, 7) is 1.45. The molecule has 0 aliphatic rings. The Kier molecular flexibility index (Phi) is 5.16. The van der Waals surface area contributed by atoms with Gasteiger partial charge in [-0.3, -0.25) is 4.79 Å². The van der Waals surface area contributed by atoms with Gasteiger partial charge in [0.15, 0.2) is 0 Å². The Balaban J connectivity index is 3.47. The minimum absolute atomic E-state index is 0.0395. The van der Waals surface area contributed by atoms with Crippen LogP contribution in [0.3, 0.4) is 0 Å². The smallest absolute Gasteiger partial charge is 0.446 e. The number of hydrogen-bond donors (Lipinski definition) is 0. The van der Waals surface area contributed by atoms with Gasteiger partial charge in [-0.05, 0) is 30.8 Å². The fraction of sp³-hybridized carbons (Fsp3) is 0.250. The maximum Gasteiger partial charge on any atom is 0.446 e. The molecule has 0 aliphatic carbocycles. The van der Waals surface area contributed by atoms with Crippen molar-refractivity contribution in [2.75, 3.05) is 6.61 Å². The van der Waals surface area contributed by atoms with Gasteiger partial charge in [0.1, 0.15) is 12.4 Å². The number of esters is 1. The molecule has 0 spiro atoms. The van der Waals surface area contributed by atoms with Crippen molar-refractivity contribution in [3.63, 3.8) is 0 Å². The zero-order valence-corrected chi connectivity index (χ0v) is 11.0. The summed E-state index contributed by atoms with van der Waals surface area (Å²) in [4.78, 5) is 21.8. The molecule has 0 atom stereocenters. The number of carbonyl (C=O) groups is 2. The van der Waals surface area contributed by atoms with Crippen LogP contribution in [0.15, 0.2) is 17.0 Å². The van der Waals surface area contributed by atoms with E-state index in [2.05, 4.69) is 4.74 Å². The van der Waals surface area contributed by atoms with Crippen LogP contribution in [0.25, 0.3) is 0 Å². The summed E-state index contributed by atoms with van der Waals surface area (Å²) in [7, 11) is 0. The molecule has 8 heteroatoms. The third-order valence-electron chi connectivity index (χ3n) is 2.08. The Labute approximate surface area is 116 Å². The van der Waals surface area contributed by atoms with E-state index in [0.29, 0.717) is 6.29 Å². The van der Waals surface area contributed by atoms with Gasteiger partial charge in [0.25, 0.3) is 0 Å². The highest BCUT2D eigenvalue weighted by Gasteiger charge is 2.33. The number of alkyl halides is 3. The Morgan fingerprint density at radius 1 is 1.50 bits per heavy atom. The van der Waals surface area contributed by atoms with Gasteiger partial charge in [-0.25, -0.2) is 4.79 Å². The lowest BCUT2D eigenvalue weighted by atomic mass is 10.1. The number of ether oxygens (including phenoxy) is 1. The lowest BCUT2D eigenvalue weighted by Gasteiger charge is -2.12. The number of hydrogen-bond acceptors (Lipinski definition) is 5. The van der Waals surface area contributed by atoms with Crippen molar-refractivity contribution in [2.24, 2.45) is 0 Å². The van der Waals surface area contributed by atoms with Crippen LogP contribution in [0.2, 0.25) is 0 Å². The van der Waals surface area contributed by atoms with Gasteiger partial charge >= 0.3 is 11.5 Å². The first kappa shape index (κ1) is 16.0. The number of carbonyl (C=O) groups excluding carboxylic acids is 2. The van der Waals surface area contributed by atoms with E-state index in [0.717, 1.165) is 12.1 Å². The van der Waals surface area contributed by atoms with Gasteiger partial charge < -0.3 is 4.74 Å². The average molecular weight is 303 g/mol. The first-order chi connectivity index (χ1) is 9.32. The maximum atomic E-state index is 12.5. The molecule has 0 aliphatic heterocycles. The average Bonchev–Trinajstić information content (AvgIpc) is 2.37. The molecule has 0 bridgehead atoms. The Hall–Kier alpha value is -2.01. The molecule has 0 saturated carbocycles. The first-order valence-corrected chi connectivity index (χ1v) is 6.10. The van der Waals surface area contributed by atoms with Crippen molar-refractivity contribution in [2.45, 2.75) is 17.3 Å². The molecule has 1 rings (SSSR count). The Bertz CT molecular complexity index is 579. The van der Waals surface area contributed by atoms with E-state index in [-0.39, 0.29) is 12.2 Å². The second-order valence-electron chi connectivity index (χ2n) is 3.44. The molecule has 0 radical (unpaired) electrons. The van der Waals surface area contributed by atoms with Crippen LogP contribution in [0.1, 0.15) is 33.2 Å². The molecular weight excluding hydrogens is 295 g/mol. The monoisotopic (exact) mass is 303 g/mol. The molecule has 0 heterocycles. The molecule has 0 saturated heterocycles. The van der Waals surface area contributed by atoms with Crippen LogP contribution < -0.4 is 0 Å². The summed E-state index contributed by atoms with van der Waals surface area (Å²) in [5.74, 6) is -1.01. The molecule has 1 aromatic carbocycles. The molecule has 0 aromatic heterocycles. The molecule has 106 valence electrons. The van der Waals surface area contributed by atoms with Crippen molar-refractivity contribution in [1.29, 1.82) is 5.26 Å². The zero-order valence-electron chi connectivity index (χ0n) is 10.2. The number of benzene rings is 1. The minimum Gasteiger partial charge on any atom is -0.462 e. The minimum atomic E-state index is -4.67. The summed E-state index contributed by atoms with van der Waals surface area (Å²) in [6, 6.07) is 3.50. The van der Waals surface area contributed by atoms with Crippen molar-refractivity contribution < 1.29 is 27.5 Å². The van der Waals surface area contributed by atoms with E-state index >= 15 is 0 Å². The van der Waals surface area contributed by atoms with Crippen molar-refractivity contribution in [3.8, 4) is 6.07 Å². The maximum absolute atomic E-state index is 12.5. The first-order valence-electron chi connectivity index (χ1n) is 5.28. The van der Waals surface area contributed by atoms with Crippen LogP contribution >= 0.6 is 11.8 Å². The quantitative estimate of drug-likeness (QED) is 0.485. The Morgan fingerprint density at radius 2 is 2.15 bits per heavy atom. The molecule has 20 heavy (non-hydrogen) atoms. The highest BCUT2D eigenvalue weighted by atomic mass is 32.2. The highest BCUT2D eigenvalue weighted by Crippen LogP contribution is 2.40. The van der Waals surface area contributed by atoms with E-state index in [1.807, 2.05) is 0 Å².